The number of carbonyl (C=O) groups is 2. The minimum absolute atomic E-state index is 0.0190. The molecule has 4 rings (SSSR count). The van der Waals surface area contributed by atoms with Gasteiger partial charge < -0.3 is 29.5 Å². The maximum absolute atomic E-state index is 15.4. The number of hydrogen-bond acceptors (Lipinski definition) is 5. The van der Waals surface area contributed by atoms with Crippen LogP contribution >= 0.6 is 0 Å². The topological polar surface area (TPSA) is 90.9 Å². The molecule has 1 aromatic carbocycles. The van der Waals surface area contributed by atoms with Crippen molar-refractivity contribution in [1.82, 2.24) is 10.2 Å². The lowest BCUT2D eigenvalue weighted by Gasteiger charge is -2.30. The van der Waals surface area contributed by atoms with E-state index in [1.54, 1.807) is 18.0 Å². The zero-order valence-corrected chi connectivity index (χ0v) is 23.5. The molecule has 0 aromatic heterocycles. The maximum atomic E-state index is 15.4. The van der Waals surface area contributed by atoms with Crippen LogP contribution in [0.4, 0.5) is 9.80 Å². The predicted octanol–water partition coefficient (Wildman–Crippen LogP) is 3.88. The number of aryl methyl sites for hydroxylation is 1. The van der Waals surface area contributed by atoms with E-state index in [-0.39, 0.29) is 54.4 Å². The number of piperidine rings is 1. The first kappa shape index (κ1) is 28.2. The van der Waals surface area contributed by atoms with Gasteiger partial charge in [0.15, 0.2) is 0 Å². The Morgan fingerprint density at radius 2 is 1.95 bits per heavy atom. The van der Waals surface area contributed by atoms with Gasteiger partial charge in [-0.25, -0.2) is 0 Å². The average Bonchev–Trinajstić information content (AvgIpc) is 3.48. The van der Waals surface area contributed by atoms with Crippen LogP contribution < -0.4 is 10.6 Å². The van der Waals surface area contributed by atoms with Crippen molar-refractivity contribution in [3.05, 3.63) is 29.8 Å². The van der Waals surface area contributed by atoms with E-state index in [9.17, 15) is 14.7 Å². The number of amides is 2. The Kier molecular flexibility index (Phi) is 9.42. The minimum atomic E-state index is -3.06. The van der Waals surface area contributed by atoms with Crippen LogP contribution in [-0.4, -0.2) is 74.7 Å². The molecule has 1 unspecified atom stereocenters. The van der Waals surface area contributed by atoms with Gasteiger partial charge in [-0.15, -0.1) is 0 Å². The van der Waals surface area contributed by atoms with Crippen LogP contribution in [0.15, 0.2) is 24.3 Å². The maximum Gasteiger partial charge on any atom is 0.246 e. The van der Waals surface area contributed by atoms with Crippen LogP contribution in [0.25, 0.3) is 0 Å². The highest BCUT2D eigenvalue weighted by Gasteiger charge is 2.52. The van der Waals surface area contributed by atoms with E-state index in [2.05, 4.69) is 17.6 Å². The van der Waals surface area contributed by atoms with Crippen molar-refractivity contribution in [2.75, 3.05) is 31.6 Å². The molecule has 0 saturated carbocycles. The molecular weight excluding hydrogens is 489 g/mol. The van der Waals surface area contributed by atoms with Crippen molar-refractivity contribution in [3.8, 4) is 0 Å². The molecule has 7 nitrogen and oxygen atoms in total. The first-order valence-corrected chi connectivity index (χ1v) is 17.0. The van der Waals surface area contributed by atoms with Crippen LogP contribution in [0.3, 0.4) is 0 Å². The number of benzene rings is 1. The Balaban J connectivity index is 1.33. The molecular formula is C28H44FN3O4Si. The third kappa shape index (κ3) is 6.99. The van der Waals surface area contributed by atoms with E-state index in [0.29, 0.717) is 6.54 Å². The number of nitrogens with zero attached hydrogens (tertiary/aromatic N) is 1. The number of nitrogens with one attached hydrogen (secondary N) is 2. The lowest BCUT2D eigenvalue weighted by molar-refractivity contribution is -0.135. The second-order valence-electron chi connectivity index (χ2n) is 11.7. The quantitative estimate of drug-likeness (QED) is 0.331. The first-order valence-electron chi connectivity index (χ1n) is 14.0. The molecule has 0 bridgehead atoms. The summed E-state index contributed by atoms with van der Waals surface area (Å²) in [5.41, 5.74) is 1.71. The fraction of sp³-hybridized carbons (Fsp3) is 0.714. The predicted molar refractivity (Wildman–Crippen MR) is 146 cm³/mol. The number of likely N-dealkylation sites (tertiary alicyclic amines) is 1. The Bertz CT molecular complexity index is 919. The van der Waals surface area contributed by atoms with E-state index in [1.807, 2.05) is 24.3 Å². The Morgan fingerprint density at radius 3 is 2.59 bits per heavy atom. The van der Waals surface area contributed by atoms with Crippen molar-refractivity contribution in [3.63, 3.8) is 0 Å². The number of aliphatic hydroxyl groups is 1. The molecule has 3 N–H and O–H groups in total. The summed E-state index contributed by atoms with van der Waals surface area (Å²) in [6, 6.07) is 7.82. The number of anilines is 1. The SMILES string of the molecule is C[C@H]1[C@H]([Si](C)(C)F)[C@@H](CC(=O)N2CCC[C@H]2CO)O[C@H]1CCc1ccc(NC(=O)C2CCCNC2)cc1. The van der Waals surface area contributed by atoms with Crippen LogP contribution in [0.5, 0.6) is 0 Å². The summed E-state index contributed by atoms with van der Waals surface area (Å²) in [5.74, 6) is 0.0983. The number of carbonyl (C=O) groups excluding carboxylic acids is 2. The zero-order chi connectivity index (χ0) is 26.6. The van der Waals surface area contributed by atoms with Gasteiger partial charge in [-0.05, 0) is 81.8 Å². The molecule has 9 heteroatoms. The van der Waals surface area contributed by atoms with E-state index >= 15 is 4.11 Å². The van der Waals surface area contributed by atoms with Crippen molar-refractivity contribution in [2.24, 2.45) is 11.8 Å². The Labute approximate surface area is 221 Å². The van der Waals surface area contributed by atoms with Gasteiger partial charge >= 0.3 is 0 Å². The van der Waals surface area contributed by atoms with Crippen molar-refractivity contribution < 1.29 is 23.5 Å². The Hall–Kier alpha value is -1.81. The van der Waals surface area contributed by atoms with E-state index in [4.69, 9.17) is 4.74 Å². The zero-order valence-electron chi connectivity index (χ0n) is 22.5. The molecule has 0 aliphatic carbocycles. The summed E-state index contributed by atoms with van der Waals surface area (Å²) in [6.07, 6.45) is 4.88. The van der Waals surface area contributed by atoms with Gasteiger partial charge in [-0.3, -0.25) is 9.59 Å². The summed E-state index contributed by atoms with van der Waals surface area (Å²) in [6.45, 7) is 7.86. The number of aliphatic hydroxyl groups excluding tert-OH is 1. The highest BCUT2D eigenvalue weighted by molar-refractivity contribution is 6.72. The van der Waals surface area contributed by atoms with Gasteiger partial charge in [0.1, 0.15) is 0 Å². The number of hydrogen-bond donors (Lipinski definition) is 3. The van der Waals surface area contributed by atoms with Crippen LogP contribution in [-0.2, 0) is 20.7 Å². The van der Waals surface area contributed by atoms with Crippen LogP contribution in [0, 0.1) is 11.8 Å². The fourth-order valence-corrected chi connectivity index (χ4v) is 9.15. The summed E-state index contributed by atoms with van der Waals surface area (Å²) < 4.78 is 21.8. The van der Waals surface area contributed by atoms with E-state index in [1.165, 1.54) is 0 Å². The lowest BCUT2D eigenvalue weighted by Crippen LogP contribution is -2.42. The molecule has 3 heterocycles. The molecule has 2 amide bonds. The normalized spacial score (nSPS) is 30.5. The summed E-state index contributed by atoms with van der Waals surface area (Å²) >= 11 is 0. The third-order valence-corrected chi connectivity index (χ3v) is 11.1. The van der Waals surface area contributed by atoms with Crippen LogP contribution in [0.2, 0.25) is 18.6 Å². The van der Waals surface area contributed by atoms with E-state index in [0.717, 1.165) is 62.9 Å². The van der Waals surface area contributed by atoms with E-state index < -0.39 is 14.5 Å². The molecule has 0 radical (unpaired) electrons. The minimum Gasteiger partial charge on any atom is -0.394 e. The van der Waals surface area contributed by atoms with Crippen molar-refractivity contribution in [2.45, 2.75) is 88.8 Å². The number of rotatable bonds is 9. The monoisotopic (exact) mass is 533 g/mol. The second-order valence-corrected chi connectivity index (χ2v) is 15.5. The summed E-state index contributed by atoms with van der Waals surface area (Å²) in [4.78, 5) is 27.3. The van der Waals surface area contributed by atoms with Gasteiger partial charge in [0.2, 0.25) is 20.2 Å². The number of halogens is 1. The van der Waals surface area contributed by atoms with Gasteiger partial charge in [-0.1, -0.05) is 19.1 Å². The van der Waals surface area contributed by atoms with Gasteiger partial charge in [-0.2, -0.15) is 0 Å². The molecule has 3 aliphatic heterocycles. The molecule has 206 valence electrons. The highest BCUT2D eigenvalue weighted by Crippen LogP contribution is 2.47. The average molecular weight is 534 g/mol. The second kappa shape index (κ2) is 12.4. The third-order valence-electron chi connectivity index (χ3n) is 8.59. The summed E-state index contributed by atoms with van der Waals surface area (Å²) in [7, 11) is -3.06. The van der Waals surface area contributed by atoms with Crippen molar-refractivity contribution in [1.29, 1.82) is 0 Å². The molecule has 0 spiro atoms. The summed E-state index contributed by atoms with van der Waals surface area (Å²) in [5, 5.41) is 15.9. The largest absolute Gasteiger partial charge is 0.394 e. The number of ether oxygens (including phenoxy) is 1. The van der Waals surface area contributed by atoms with Gasteiger partial charge in [0, 0.05) is 24.3 Å². The first-order chi connectivity index (χ1) is 17.7. The smallest absolute Gasteiger partial charge is 0.246 e. The van der Waals surface area contributed by atoms with Crippen molar-refractivity contribution >= 4 is 25.9 Å². The lowest BCUT2D eigenvalue weighted by atomic mass is 9.95. The molecule has 3 fully saturated rings. The highest BCUT2D eigenvalue weighted by atomic mass is 28.4. The molecule has 6 atom stereocenters. The molecule has 37 heavy (non-hydrogen) atoms. The van der Waals surface area contributed by atoms with Gasteiger partial charge in [0.05, 0.1) is 37.2 Å². The van der Waals surface area contributed by atoms with Gasteiger partial charge in [0.25, 0.3) is 0 Å². The molecule has 3 saturated heterocycles. The fourth-order valence-electron chi connectivity index (χ4n) is 6.60. The standard InChI is InChI=1S/C28H44FN3O4Si/c1-19-24(13-10-20-8-11-22(12-9-20)31-28(35)21-6-4-14-30-17-21)36-25(27(19)37(2,3)29)16-26(34)32-15-5-7-23(32)18-33/h8-9,11-12,19,21,23-25,27,30,33H,4-7,10,13-18H2,1-3H3,(H,31,35)/t19-,21?,23+,24+,25-,27+/m1/s1. The molecule has 1 aromatic rings. The van der Waals surface area contributed by atoms with Crippen LogP contribution in [0.1, 0.15) is 51.0 Å². The Morgan fingerprint density at radius 1 is 1.19 bits per heavy atom. The molecule has 3 aliphatic rings.